The molecule has 0 saturated carbocycles. The first-order valence-electron chi connectivity index (χ1n) is 8.91. The largest absolute Gasteiger partial charge is 0.349 e. The molecule has 1 atom stereocenters. The van der Waals surface area contributed by atoms with E-state index in [1.165, 1.54) is 6.92 Å². The maximum absolute atomic E-state index is 12.3. The Morgan fingerprint density at radius 1 is 0.964 bits per heavy atom. The molecule has 0 fully saturated rings. The van der Waals surface area contributed by atoms with E-state index < -0.39 is 6.04 Å². The summed E-state index contributed by atoms with van der Waals surface area (Å²) in [6.45, 7) is 5.05. The fourth-order valence-corrected chi connectivity index (χ4v) is 2.95. The minimum atomic E-state index is -0.503. The first kappa shape index (κ1) is 21.4. The smallest absolute Gasteiger partial charge is 0.243 e. The Labute approximate surface area is 169 Å². The Morgan fingerprint density at radius 3 is 2.14 bits per heavy atom. The van der Waals surface area contributed by atoms with Gasteiger partial charge in [0.1, 0.15) is 0 Å². The molecule has 0 aliphatic heterocycles. The number of para-hydroxylation sites is 1. The second-order valence-corrected chi connectivity index (χ2v) is 7.04. The number of hydrogen-bond acceptors (Lipinski definition) is 3. The predicted molar refractivity (Wildman–Crippen MR) is 110 cm³/mol. The highest BCUT2D eigenvalue weighted by atomic mass is 35.5. The lowest BCUT2D eigenvalue weighted by Gasteiger charge is -2.18. The number of halogens is 1. The molecular weight excluding hydrogens is 378 g/mol. The van der Waals surface area contributed by atoms with Crippen molar-refractivity contribution in [3.8, 4) is 0 Å². The molecule has 7 heteroatoms. The molecule has 0 radical (unpaired) electrons. The monoisotopic (exact) mass is 401 g/mol. The minimum absolute atomic E-state index is 0.0118. The summed E-state index contributed by atoms with van der Waals surface area (Å²) in [4.78, 5) is 36.0. The molecule has 0 aromatic heterocycles. The summed E-state index contributed by atoms with van der Waals surface area (Å²) in [5.74, 6) is -0.904. The maximum atomic E-state index is 12.3. The lowest BCUT2D eigenvalue weighted by molar-refractivity contribution is -0.125. The van der Waals surface area contributed by atoms with Crippen molar-refractivity contribution in [1.82, 2.24) is 10.6 Å². The summed E-state index contributed by atoms with van der Waals surface area (Å²) in [6, 6.07) is 12.1. The molecule has 0 aliphatic carbocycles. The molecule has 2 aromatic rings. The van der Waals surface area contributed by atoms with Crippen LogP contribution in [0, 0.1) is 13.8 Å². The molecule has 0 spiro atoms. The van der Waals surface area contributed by atoms with Crippen LogP contribution >= 0.6 is 11.6 Å². The van der Waals surface area contributed by atoms with Crippen molar-refractivity contribution in [2.24, 2.45) is 0 Å². The van der Waals surface area contributed by atoms with Crippen LogP contribution in [-0.2, 0) is 14.4 Å². The molecular formula is C21H24ClN3O3. The van der Waals surface area contributed by atoms with Gasteiger partial charge in [-0.05, 0) is 42.7 Å². The Bertz CT molecular complexity index is 845. The van der Waals surface area contributed by atoms with Crippen LogP contribution < -0.4 is 16.0 Å². The lowest BCUT2D eigenvalue weighted by Crippen LogP contribution is -2.36. The van der Waals surface area contributed by atoms with Crippen LogP contribution in [0.3, 0.4) is 0 Å². The Balaban J connectivity index is 1.94. The zero-order chi connectivity index (χ0) is 20.7. The van der Waals surface area contributed by atoms with Crippen LogP contribution in [0.1, 0.15) is 36.1 Å². The lowest BCUT2D eigenvalue weighted by atomic mass is 10.0. The van der Waals surface area contributed by atoms with E-state index in [-0.39, 0.29) is 30.7 Å². The van der Waals surface area contributed by atoms with E-state index in [0.29, 0.717) is 5.02 Å². The van der Waals surface area contributed by atoms with Gasteiger partial charge in [0.25, 0.3) is 0 Å². The highest BCUT2D eigenvalue weighted by Crippen LogP contribution is 2.20. The highest BCUT2D eigenvalue weighted by molar-refractivity contribution is 6.30. The Hall–Kier alpha value is -2.86. The van der Waals surface area contributed by atoms with Gasteiger partial charge in [-0.25, -0.2) is 0 Å². The standard InChI is InChI=1S/C21H24ClN3O3/c1-13-5-4-6-14(2)21(13)25-20(28)12-23-19(27)11-18(24-15(3)26)16-7-9-17(22)10-8-16/h4-10,18H,11-12H2,1-3H3,(H,23,27)(H,24,26)(H,25,28). The van der Waals surface area contributed by atoms with E-state index in [0.717, 1.165) is 22.4 Å². The average molecular weight is 402 g/mol. The van der Waals surface area contributed by atoms with E-state index >= 15 is 0 Å². The second kappa shape index (κ2) is 9.90. The zero-order valence-corrected chi connectivity index (χ0v) is 16.9. The van der Waals surface area contributed by atoms with Gasteiger partial charge in [0.05, 0.1) is 19.0 Å². The number of nitrogens with one attached hydrogen (secondary N) is 3. The zero-order valence-electron chi connectivity index (χ0n) is 16.1. The van der Waals surface area contributed by atoms with Crippen molar-refractivity contribution >= 4 is 35.0 Å². The van der Waals surface area contributed by atoms with Crippen molar-refractivity contribution in [1.29, 1.82) is 0 Å². The molecule has 6 nitrogen and oxygen atoms in total. The fourth-order valence-electron chi connectivity index (χ4n) is 2.82. The first-order chi connectivity index (χ1) is 13.3. The van der Waals surface area contributed by atoms with Gasteiger partial charge in [-0.15, -0.1) is 0 Å². The summed E-state index contributed by atoms with van der Waals surface area (Å²) < 4.78 is 0. The van der Waals surface area contributed by atoms with Gasteiger partial charge in [0, 0.05) is 17.6 Å². The molecule has 0 heterocycles. The summed E-state index contributed by atoms with van der Waals surface area (Å²) >= 11 is 5.89. The number of anilines is 1. The van der Waals surface area contributed by atoms with Crippen molar-refractivity contribution < 1.29 is 14.4 Å². The summed E-state index contributed by atoms with van der Waals surface area (Å²) in [7, 11) is 0. The van der Waals surface area contributed by atoms with Crippen molar-refractivity contribution in [2.45, 2.75) is 33.2 Å². The number of carbonyl (C=O) groups excluding carboxylic acids is 3. The predicted octanol–water partition coefficient (Wildman–Crippen LogP) is 3.28. The van der Waals surface area contributed by atoms with Crippen LogP contribution in [0.15, 0.2) is 42.5 Å². The molecule has 0 aliphatic rings. The van der Waals surface area contributed by atoms with Gasteiger partial charge < -0.3 is 16.0 Å². The normalized spacial score (nSPS) is 11.4. The summed E-state index contributed by atoms with van der Waals surface area (Å²) in [6.07, 6.45) is 0.0118. The van der Waals surface area contributed by atoms with Crippen LogP contribution in [0.25, 0.3) is 0 Å². The van der Waals surface area contributed by atoms with Gasteiger partial charge in [-0.1, -0.05) is 41.9 Å². The third-order valence-electron chi connectivity index (χ3n) is 4.23. The van der Waals surface area contributed by atoms with Crippen molar-refractivity contribution in [2.75, 3.05) is 11.9 Å². The molecule has 148 valence electrons. The summed E-state index contributed by atoms with van der Waals surface area (Å²) in [5, 5.41) is 8.73. The van der Waals surface area contributed by atoms with Crippen LogP contribution in [-0.4, -0.2) is 24.3 Å². The second-order valence-electron chi connectivity index (χ2n) is 6.60. The number of carbonyl (C=O) groups is 3. The highest BCUT2D eigenvalue weighted by Gasteiger charge is 2.18. The van der Waals surface area contributed by atoms with Gasteiger partial charge in [-0.3, -0.25) is 14.4 Å². The molecule has 3 N–H and O–H groups in total. The molecule has 2 rings (SSSR count). The van der Waals surface area contributed by atoms with E-state index in [1.807, 2.05) is 32.0 Å². The van der Waals surface area contributed by atoms with Crippen molar-refractivity contribution in [3.05, 3.63) is 64.2 Å². The molecule has 0 saturated heterocycles. The van der Waals surface area contributed by atoms with E-state index in [9.17, 15) is 14.4 Å². The minimum Gasteiger partial charge on any atom is -0.349 e. The quantitative estimate of drug-likeness (QED) is 0.665. The van der Waals surface area contributed by atoms with E-state index in [1.54, 1.807) is 24.3 Å². The van der Waals surface area contributed by atoms with Gasteiger partial charge in [-0.2, -0.15) is 0 Å². The number of benzene rings is 2. The number of aryl methyl sites for hydroxylation is 2. The maximum Gasteiger partial charge on any atom is 0.243 e. The number of hydrogen-bond donors (Lipinski definition) is 3. The molecule has 3 amide bonds. The van der Waals surface area contributed by atoms with Crippen molar-refractivity contribution in [3.63, 3.8) is 0 Å². The molecule has 0 bridgehead atoms. The van der Waals surface area contributed by atoms with Gasteiger partial charge in [0.2, 0.25) is 17.7 Å². The average Bonchev–Trinajstić information content (AvgIpc) is 2.63. The van der Waals surface area contributed by atoms with Crippen LogP contribution in [0.5, 0.6) is 0 Å². The van der Waals surface area contributed by atoms with Gasteiger partial charge in [0.15, 0.2) is 0 Å². The van der Waals surface area contributed by atoms with E-state index in [2.05, 4.69) is 16.0 Å². The number of rotatable bonds is 7. The van der Waals surface area contributed by atoms with Gasteiger partial charge >= 0.3 is 0 Å². The summed E-state index contributed by atoms with van der Waals surface area (Å²) in [5.41, 5.74) is 3.41. The van der Waals surface area contributed by atoms with Crippen LogP contribution in [0.4, 0.5) is 5.69 Å². The van der Waals surface area contributed by atoms with Crippen LogP contribution in [0.2, 0.25) is 5.02 Å². The third kappa shape index (κ3) is 6.39. The third-order valence-corrected chi connectivity index (χ3v) is 4.48. The fraction of sp³-hybridized carbons (Fsp3) is 0.286. The van der Waals surface area contributed by atoms with E-state index in [4.69, 9.17) is 11.6 Å². The SMILES string of the molecule is CC(=O)NC(CC(=O)NCC(=O)Nc1c(C)cccc1C)c1ccc(Cl)cc1. The topological polar surface area (TPSA) is 87.3 Å². The molecule has 2 aromatic carbocycles. The Kier molecular flexibility index (Phi) is 7.58. The molecule has 28 heavy (non-hydrogen) atoms. The Morgan fingerprint density at radius 2 is 1.57 bits per heavy atom. The first-order valence-corrected chi connectivity index (χ1v) is 9.29. The molecule has 1 unspecified atom stereocenters. The number of amides is 3.